The third-order valence-corrected chi connectivity index (χ3v) is 4.45. The SMILES string of the molecule is N[C@@H]1CN(C(=O)Cc2ccc([N+](=O)[O-])cc2)C[C@H]1c1ccccc1. The Morgan fingerprint density at radius 3 is 2.42 bits per heavy atom. The van der Waals surface area contributed by atoms with Crippen LogP contribution in [-0.2, 0) is 11.2 Å². The Balaban J connectivity index is 1.65. The number of nitrogens with two attached hydrogens (primary N) is 1. The van der Waals surface area contributed by atoms with Crippen LogP contribution < -0.4 is 5.73 Å². The summed E-state index contributed by atoms with van der Waals surface area (Å²) >= 11 is 0. The highest BCUT2D eigenvalue weighted by molar-refractivity contribution is 5.79. The van der Waals surface area contributed by atoms with Gasteiger partial charge in [-0.2, -0.15) is 0 Å². The lowest BCUT2D eigenvalue weighted by Crippen LogP contribution is -2.33. The van der Waals surface area contributed by atoms with Gasteiger partial charge in [-0.25, -0.2) is 0 Å². The van der Waals surface area contributed by atoms with E-state index in [0.29, 0.717) is 13.1 Å². The number of likely N-dealkylation sites (tertiary alicyclic amines) is 1. The van der Waals surface area contributed by atoms with Crippen molar-refractivity contribution >= 4 is 11.6 Å². The molecule has 124 valence electrons. The summed E-state index contributed by atoms with van der Waals surface area (Å²) < 4.78 is 0. The molecule has 0 radical (unpaired) electrons. The van der Waals surface area contributed by atoms with Gasteiger partial charge >= 0.3 is 0 Å². The van der Waals surface area contributed by atoms with Gasteiger partial charge in [-0.3, -0.25) is 14.9 Å². The van der Waals surface area contributed by atoms with Crippen LogP contribution in [0.5, 0.6) is 0 Å². The molecular weight excluding hydrogens is 306 g/mol. The molecule has 0 unspecified atom stereocenters. The Kier molecular flexibility index (Phi) is 4.57. The predicted octanol–water partition coefficient (Wildman–Crippen LogP) is 2.09. The fraction of sp³-hybridized carbons (Fsp3) is 0.278. The first-order chi connectivity index (χ1) is 11.5. The van der Waals surface area contributed by atoms with E-state index in [2.05, 4.69) is 0 Å². The smallest absolute Gasteiger partial charge is 0.269 e. The first-order valence-electron chi connectivity index (χ1n) is 7.86. The number of carbonyl (C=O) groups excluding carboxylic acids is 1. The second kappa shape index (κ2) is 6.80. The summed E-state index contributed by atoms with van der Waals surface area (Å²) in [6.45, 7) is 1.14. The molecule has 2 N–H and O–H groups in total. The van der Waals surface area contributed by atoms with Crippen molar-refractivity contribution in [2.24, 2.45) is 5.73 Å². The summed E-state index contributed by atoms with van der Waals surface area (Å²) in [5.41, 5.74) is 8.16. The van der Waals surface area contributed by atoms with E-state index in [1.165, 1.54) is 12.1 Å². The molecule has 1 heterocycles. The molecule has 24 heavy (non-hydrogen) atoms. The number of nitrogens with zero attached hydrogens (tertiary/aromatic N) is 2. The minimum Gasteiger partial charge on any atom is -0.340 e. The molecular formula is C18H19N3O3. The monoisotopic (exact) mass is 325 g/mol. The van der Waals surface area contributed by atoms with Crippen LogP contribution in [0.3, 0.4) is 0 Å². The Morgan fingerprint density at radius 1 is 1.12 bits per heavy atom. The first-order valence-corrected chi connectivity index (χ1v) is 7.86. The third kappa shape index (κ3) is 3.44. The van der Waals surface area contributed by atoms with Crippen LogP contribution in [0.1, 0.15) is 17.0 Å². The molecule has 6 nitrogen and oxygen atoms in total. The van der Waals surface area contributed by atoms with Crippen molar-refractivity contribution < 1.29 is 9.72 Å². The van der Waals surface area contributed by atoms with E-state index in [0.717, 1.165) is 11.1 Å². The number of rotatable bonds is 4. The number of nitro benzene ring substituents is 1. The molecule has 0 aliphatic carbocycles. The molecule has 2 aromatic rings. The molecule has 1 aliphatic rings. The van der Waals surface area contributed by atoms with Crippen LogP contribution in [0.2, 0.25) is 0 Å². The van der Waals surface area contributed by atoms with Crippen LogP contribution >= 0.6 is 0 Å². The van der Waals surface area contributed by atoms with Crippen molar-refractivity contribution in [2.75, 3.05) is 13.1 Å². The second-order valence-electron chi connectivity index (χ2n) is 6.08. The summed E-state index contributed by atoms with van der Waals surface area (Å²) in [6.07, 6.45) is 0.228. The van der Waals surface area contributed by atoms with Crippen molar-refractivity contribution in [3.8, 4) is 0 Å². The second-order valence-corrected chi connectivity index (χ2v) is 6.08. The van der Waals surface area contributed by atoms with E-state index in [1.54, 1.807) is 17.0 Å². The molecule has 2 aromatic carbocycles. The molecule has 0 saturated carbocycles. The number of benzene rings is 2. The van der Waals surface area contributed by atoms with E-state index >= 15 is 0 Å². The Hall–Kier alpha value is -2.73. The Bertz CT molecular complexity index is 731. The molecule has 1 aliphatic heterocycles. The predicted molar refractivity (Wildman–Crippen MR) is 90.5 cm³/mol. The summed E-state index contributed by atoms with van der Waals surface area (Å²) in [4.78, 5) is 24.5. The van der Waals surface area contributed by atoms with Gasteiger partial charge in [0, 0.05) is 37.2 Å². The highest BCUT2D eigenvalue weighted by Gasteiger charge is 2.33. The molecule has 2 atom stereocenters. The van der Waals surface area contributed by atoms with Gasteiger partial charge in [0.2, 0.25) is 5.91 Å². The first kappa shape index (κ1) is 16.1. The Labute approximate surface area is 140 Å². The van der Waals surface area contributed by atoms with Crippen molar-refractivity contribution in [1.29, 1.82) is 0 Å². The summed E-state index contributed by atoms with van der Waals surface area (Å²) in [7, 11) is 0. The van der Waals surface area contributed by atoms with Gasteiger partial charge in [0.05, 0.1) is 11.3 Å². The minimum absolute atomic E-state index is 0.00210. The van der Waals surface area contributed by atoms with E-state index < -0.39 is 4.92 Å². The largest absolute Gasteiger partial charge is 0.340 e. The molecule has 6 heteroatoms. The van der Waals surface area contributed by atoms with Gasteiger partial charge in [-0.05, 0) is 11.1 Å². The Morgan fingerprint density at radius 2 is 1.79 bits per heavy atom. The summed E-state index contributed by atoms with van der Waals surface area (Å²) in [5, 5.41) is 10.7. The fourth-order valence-corrected chi connectivity index (χ4v) is 3.11. The van der Waals surface area contributed by atoms with E-state index in [4.69, 9.17) is 5.73 Å². The summed E-state index contributed by atoms with van der Waals surface area (Å²) in [6, 6.07) is 16.0. The standard InChI is InChI=1S/C18H19N3O3/c19-17-12-20(11-16(17)14-4-2-1-3-5-14)18(22)10-13-6-8-15(9-7-13)21(23)24/h1-9,16-17H,10-12,19H2/t16-,17+/m0/s1. The topological polar surface area (TPSA) is 89.5 Å². The van der Waals surface area contributed by atoms with Gasteiger partial charge in [0.25, 0.3) is 5.69 Å². The van der Waals surface area contributed by atoms with Crippen LogP contribution in [0.15, 0.2) is 54.6 Å². The van der Waals surface area contributed by atoms with Crippen LogP contribution in [-0.4, -0.2) is 34.9 Å². The van der Waals surface area contributed by atoms with Crippen molar-refractivity contribution in [3.63, 3.8) is 0 Å². The van der Waals surface area contributed by atoms with Gasteiger partial charge in [0.1, 0.15) is 0 Å². The van der Waals surface area contributed by atoms with Crippen molar-refractivity contribution in [1.82, 2.24) is 4.90 Å². The number of non-ortho nitro benzene ring substituents is 1. The van der Waals surface area contributed by atoms with E-state index in [9.17, 15) is 14.9 Å². The van der Waals surface area contributed by atoms with Gasteiger partial charge in [0.15, 0.2) is 0 Å². The molecule has 3 rings (SSSR count). The molecule has 0 bridgehead atoms. The average Bonchev–Trinajstić information content (AvgIpc) is 2.98. The fourth-order valence-electron chi connectivity index (χ4n) is 3.11. The molecule has 1 amide bonds. The highest BCUT2D eigenvalue weighted by Crippen LogP contribution is 2.26. The van der Waals surface area contributed by atoms with Crippen LogP contribution in [0.25, 0.3) is 0 Å². The highest BCUT2D eigenvalue weighted by atomic mass is 16.6. The summed E-state index contributed by atoms with van der Waals surface area (Å²) in [5.74, 6) is 0.143. The maximum absolute atomic E-state index is 12.5. The number of carbonyl (C=O) groups is 1. The maximum Gasteiger partial charge on any atom is 0.269 e. The minimum atomic E-state index is -0.449. The quantitative estimate of drug-likeness (QED) is 0.688. The van der Waals surface area contributed by atoms with E-state index in [-0.39, 0.29) is 30.0 Å². The van der Waals surface area contributed by atoms with Gasteiger partial charge in [-0.15, -0.1) is 0 Å². The lowest BCUT2D eigenvalue weighted by molar-refractivity contribution is -0.384. The number of amides is 1. The van der Waals surface area contributed by atoms with E-state index in [1.807, 2.05) is 30.3 Å². The molecule has 0 spiro atoms. The van der Waals surface area contributed by atoms with Gasteiger partial charge in [-0.1, -0.05) is 42.5 Å². The molecule has 1 saturated heterocycles. The number of nitro groups is 1. The molecule has 1 fully saturated rings. The lowest BCUT2D eigenvalue weighted by Gasteiger charge is -2.16. The number of hydrogen-bond donors (Lipinski definition) is 1. The maximum atomic E-state index is 12.5. The number of hydrogen-bond acceptors (Lipinski definition) is 4. The van der Waals surface area contributed by atoms with Crippen molar-refractivity contribution in [2.45, 2.75) is 18.4 Å². The zero-order chi connectivity index (χ0) is 17.1. The average molecular weight is 325 g/mol. The molecule has 0 aromatic heterocycles. The van der Waals surface area contributed by atoms with Gasteiger partial charge < -0.3 is 10.6 Å². The lowest BCUT2D eigenvalue weighted by atomic mass is 9.95. The zero-order valence-corrected chi connectivity index (χ0v) is 13.2. The normalized spacial score (nSPS) is 20.1. The van der Waals surface area contributed by atoms with Crippen LogP contribution in [0.4, 0.5) is 5.69 Å². The zero-order valence-electron chi connectivity index (χ0n) is 13.2. The third-order valence-electron chi connectivity index (χ3n) is 4.45. The van der Waals surface area contributed by atoms with Crippen LogP contribution in [0, 0.1) is 10.1 Å². The van der Waals surface area contributed by atoms with Crippen molar-refractivity contribution in [3.05, 3.63) is 75.8 Å².